The van der Waals surface area contributed by atoms with E-state index < -0.39 is 0 Å². The first-order valence-corrected chi connectivity index (χ1v) is 6.86. The minimum absolute atomic E-state index is 0.126. The van der Waals surface area contributed by atoms with E-state index in [4.69, 9.17) is 0 Å². The van der Waals surface area contributed by atoms with Crippen molar-refractivity contribution in [2.24, 2.45) is 0 Å². The standard InChI is InChI=1S/C13H16N6O/c1-3-5-7-18-8-6-9-11(12(18)20)15-16-13-14-10(4-2)17-19(9)13/h6,8H,3-5,7H2,1-2H3. The van der Waals surface area contributed by atoms with Crippen molar-refractivity contribution in [1.29, 1.82) is 0 Å². The van der Waals surface area contributed by atoms with Crippen LogP contribution in [0.3, 0.4) is 0 Å². The van der Waals surface area contributed by atoms with Gasteiger partial charge in [0, 0.05) is 19.2 Å². The van der Waals surface area contributed by atoms with E-state index >= 15 is 0 Å². The van der Waals surface area contributed by atoms with E-state index in [-0.39, 0.29) is 5.56 Å². The second-order valence-corrected chi connectivity index (χ2v) is 4.70. The lowest BCUT2D eigenvalue weighted by molar-refractivity contribution is 0.615. The zero-order chi connectivity index (χ0) is 14.1. The van der Waals surface area contributed by atoms with E-state index in [1.165, 1.54) is 0 Å². The summed E-state index contributed by atoms with van der Waals surface area (Å²) in [6.45, 7) is 4.77. The van der Waals surface area contributed by atoms with Crippen molar-refractivity contribution in [2.45, 2.75) is 39.7 Å². The fraction of sp³-hybridized carbons (Fsp3) is 0.462. The largest absolute Gasteiger partial charge is 0.313 e. The first-order valence-electron chi connectivity index (χ1n) is 6.86. The van der Waals surface area contributed by atoms with Gasteiger partial charge in [-0.2, -0.15) is 9.50 Å². The van der Waals surface area contributed by atoms with Gasteiger partial charge in [-0.3, -0.25) is 4.79 Å². The summed E-state index contributed by atoms with van der Waals surface area (Å²) in [6, 6.07) is 1.85. The first kappa shape index (κ1) is 12.7. The van der Waals surface area contributed by atoms with Gasteiger partial charge in [0.25, 0.3) is 11.3 Å². The monoisotopic (exact) mass is 272 g/mol. The van der Waals surface area contributed by atoms with Crippen LogP contribution >= 0.6 is 0 Å². The number of hydrogen-bond acceptors (Lipinski definition) is 5. The summed E-state index contributed by atoms with van der Waals surface area (Å²) >= 11 is 0. The van der Waals surface area contributed by atoms with Gasteiger partial charge in [0.05, 0.1) is 0 Å². The summed E-state index contributed by atoms with van der Waals surface area (Å²) in [4.78, 5) is 16.6. The van der Waals surface area contributed by atoms with Crippen LogP contribution < -0.4 is 5.56 Å². The molecule has 0 aliphatic heterocycles. The molecule has 20 heavy (non-hydrogen) atoms. The van der Waals surface area contributed by atoms with Gasteiger partial charge in [0.1, 0.15) is 5.52 Å². The third-order valence-electron chi connectivity index (χ3n) is 3.29. The van der Waals surface area contributed by atoms with E-state index in [9.17, 15) is 4.79 Å². The second-order valence-electron chi connectivity index (χ2n) is 4.70. The molecule has 0 unspecified atom stereocenters. The van der Waals surface area contributed by atoms with Crippen LogP contribution in [0.4, 0.5) is 0 Å². The van der Waals surface area contributed by atoms with E-state index in [2.05, 4.69) is 27.2 Å². The summed E-state index contributed by atoms with van der Waals surface area (Å²) in [5.74, 6) is 1.13. The molecular formula is C13H16N6O. The molecule has 7 heteroatoms. The Balaban J connectivity index is 2.23. The van der Waals surface area contributed by atoms with Crippen molar-refractivity contribution in [1.82, 2.24) is 29.4 Å². The summed E-state index contributed by atoms with van der Waals surface area (Å²) < 4.78 is 3.26. The SMILES string of the molecule is CCCCn1ccc2c(nnc3nc(CC)nn32)c1=O. The van der Waals surface area contributed by atoms with Gasteiger partial charge in [-0.15, -0.1) is 15.3 Å². The van der Waals surface area contributed by atoms with Crippen molar-refractivity contribution in [3.63, 3.8) is 0 Å². The lowest BCUT2D eigenvalue weighted by Gasteiger charge is -2.05. The molecule has 3 heterocycles. The fourth-order valence-corrected chi connectivity index (χ4v) is 2.14. The number of aromatic nitrogens is 6. The first-order chi connectivity index (χ1) is 9.74. The van der Waals surface area contributed by atoms with Gasteiger partial charge >= 0.3 is 0 Å². The molecule has 0 atom stereocenters. The number of pyridine rings is 1. The predicted molar refractivity (Wildman–Crippen MR) is 74.6 cm³/mol. The van der Waals surface area contributed by atoms with Crippen LogP contribution in [0.5, 0.6) is 0 Å². The molecule has 0 N–H and O–H groups in total. The highest BCUT2D eigenvalue weighted by Gasteiger charge is 2.11. The number of unbranched alkanes of at least 4 members (excludes halogenated alkanes) is 1. The minimum Gasteiger partial charge on any atom is -0.313 e. The molecule has 3 rings (SSSR count). The molecule has 0 radical (unpaired) electrons. The normalized spacial score (nSPS) is 11.5. The molecule has 0 spiro atoms. The van der Waals surface area contributed by atoms with Crippen LogP contribution in [0.1, 0.15) is 32.5 Å². The number of rotatable bonds is 4. The minimum atomic E-state index is -0.126. The Kier molecular flexibility index (Phi) is 3.17. The number of aryl methyl sites for hydroxylation is 2. The third kappa shape index (κ3) is 1.95. The average Bonchev–Trinajstić information content (AvgIpc) is 2.90. The Morgan fingerprint density at radius 2 is 2.10 bits per heavy atom. The Morgan fingerprint density at radius 1 is 1.25 bits per heavy atom. The van der Waals surface area contributed by atoms with Gasteiger partial charge in [-0.25, -0.2) is 0 Å². The molecule has 3 aromatic heterocycles. The van der Waals surface area contributed by atoms with Crippen molar-refractivity contribution < 1.29 is 0 Å². The number of hydrogen-bond donors (Lipinski definition) is 0. The lowest BCUT2D eigenvalue weighted by Crippen LogP contribution is -2.21. The molecule has 0 amide bonds. The summed E-state index contributed by atoms with van der Waals surface area (Å²) in [7, 11) is 0. The maximum absolute atomic E-state index is 12.4. The molecule has 0 aromatic carbocycles. The van der Waals surface area contributed by atoms with Crippen molar-refractivity contribution in [2.75, 3.05) is 0 Å². The van der Waals surface area contributed by atoms with Crippen molar-refractivity contribution in [3.8, 4) is 0 Å². The Labute approximate surface area is 115 Å². The van der Waals surface area contributed by atoms with Crippen LogP contribution in [0.25, 0.3) is 16.8 Å². The Hall–Kier alpha value is -2.31. The number of nitrogens with zero attached hydrogens (tertiary/aromatic N) is 6. The zero-order valence-electron chi connectivity index (χ0n) is 11.6. The van der Waals surface area contributed by atoms with Gasteiger partial charge < -0.3 is 4.57 Å². The van der Waals surface area contributed by atoms with E-state index in [0.29, 0.717) is 29.2 Å². The van der Waals surface area contributed by atoms with Crippen LogP contribution in [-0.4, -0.2) is 29.4 Å². The van der Waals surface area contributed by atoms with Crippen molar-refractivity contribution >= 4 is 16.8 Å². The van der Waals surface area contributed by atoms with Crippen LogP contribution in [0, 0.1) is 0 Å². The molecule has 0 bridgehead atoms. The summed E-state index contributed by atoms with van der Waals surface area (Å²) in [5, 5.41) is 12.4. The summed E-state index contributed by atoms with van der Waals surface area (Å²) in [5.41, 5.74) is 0.863. The maximum Gasteiger partial charge on any atom is 0.280 e. The molecule has 7 nitrogen and oxygen atoms in total. The maximum atomic E-state index is 12.4. The Morgan fingerprint density at radius 3 is 2.85 bits per heavy atom. The van der Waals surface area contributed by atoms with E-state index in [0.717, 1.165) is 19.3 Å². The number of fused-ring (bicyclic) bond motifs is 3. The van der Waals surface area contributed by atoms with E-state index in [1.54, 1.807) is 15.3 Å². The smallest absolute Gasteiger partial charge is 0.280 e. The van der Waals surface area contributed by atoms with Gasteiger partial charge in [0.2, 0.25) is 0 Å². The highest BCUT2D eigenvalue weighted by atomic mass is 16.1. The average molecular weight is 272 g/mol. The highest BCUT2D eigenvalue weighted by Crippen LogP contribution is 2.08. The predicted octanol–water partition coefficient (Wildman–Crippen LogP) is 1.20. The zero-order valence-corrected chi connectivity index (χ0v) is 11.6. The van der Waals surface area contributed by atoms with Gasteiger partial charge in [0.15, 0.2) is 11.3 Å². The molecular weight excluding hydrogens is 256 g/mol. The quantitative estimate of drug-likeness (QED) is 0.713. The molecule has 0 aliphatic rings. The molecule has 104 valence electrons. The Bertz CT molecular complexity index is 819. The third-order valence-corrected chi connectivity index (χ3v) is 3.29. The summed E-state index contributed by atoms with van der Waals surface area (Å²) in [6.07, 6.45) is 4.51. The molecule has 0 saturated carbocycles. The molecule has 0 fully saturated rings. The van der Waals surface area contributed by atoms with Crippen LogP contribution in [-0.2, 0) is 13.0 Å². The van der Waals surface area contributed by atoms with E-state index in [1.807, 2.05) is 13.0 Å². The van der Waals surface area contributed by atoms with Crippen LogP contribution in [0.15, 0.2) is 17.1 Å². The van der Waals surface area contributed by atoms with Crippen LogP contribution in [0.2, 0.25) is 0 Å². The molecule has 0 saturated heterocycles. The second kappa shape index (κ2) is 4.99. The topological polar surface area (TPSA) is 78.0 Å². The molecule has 0 aliphatic carbocycles. The lowest BCUT2D eigenvalue weighted by atomic mass is 10.3. The fourth-order valence-electron chi connectivity index (χ4n) is 2.14. The van der Waals surface area contributed by atoms with Gasteiger partial charge in [-0.1, -0.05) is 20.3 Å². The molecule has 3 aromatic rings. The van der Waals surface area contributed by atoms with Crippen molar-refractivity contribution in [3.05, 3.63) is 28.4 Å². The van der Waals surface area contributed by atoms with Gasteiger partial charge in [-0.05, 0) is 12.5 Å². The highest BCUT2D eigenvalue weighted by molar-refractivity contribution is 5.74.